The Kier molecular flexibility index (Phi) is 15.3. The van der Waals surface area contributed by atoms with E-state index in [1.807, 2.05) is 0 Å². The summed E-state index contributed by atoms with van der Waals surface area (Å²) in [5, 5.41) is 0. The molecule has 0 saturated heterocycles. The van der Waals surface area contributed by atoms with Crippen molar-refractivity contribution < 1.29 is 37.7 Å². The van der Waals surface area contributed by atoms with Gasteiger partial charge in [0, 0.05) is 6.61 Å². The molecule has 0 spiro atoms. The van der Waals surface area contributed by atoms with Crippen LogP contribution < -0.4 is 0 Å². The van der Waals surface area contributed by atoms with Gasteiger partial charge in [0.25, 0.3) is 0 Å². The first-order valence-corrected chi connectivity index (χ1v) is 20.9. The Labute approximate surface area is 198 Å². The fraction of sp³-hybridized carbons (Fsp3) is 1.00. The summed E-state index contributed by atoms with van der Waals surface area (Å²) in [5.41, 5.74) is 0. The van der Waals surface area contributed by atoms with E-state index in [0.29, 0.717) is 6.61 Å². The molecule has 0 aromatic carbocycles. The van der Waals surface area contributed by atoms with Crippen LogP contribution in [0.3, 0.4) is 0 Å². The second-order valence-electron chi connectivity index (χ2n) is 9.76. The Bertz CT molecular complexity index is 699. The van der Waals surface area contributed by atoms with Gasteiger partial charge in [-0.2, -0.15) is 16.8 Å². The molecule has 0 N–H and O–H groups in total. The number of hydrogen-bond acceptors (Lipinski definition) is 9. The molecule has 0 amide bonds. The second kappa shape index (κ2) is 15.2. The fourth-order valence-electron chi connectivity index (χ4n) is 2.64. The third kappa shape index (κ3) is 20.7. The molecule has 13 heteroatoms. The maximum Gasteiger partial charge on any atom is 0.390 e. The minimum absolute atomic E-state index is 0.146. The smallest absolute Gasteiger partial charge is 0.379 e. The lowest BCUT2D eigenvalue weighted by atomic mass is 10.1. The van der Waals surface area contributed by atoms with Crippen LogP contribution in [-0.4, -0.2) is 59.4 Å². The third-order valence-electron chi connectivity index (χ3n) is 3.80. The summed E-state index contributed by atoms with van der Waals surface area (Å²) in [6, 6.07) is 0. The second-order valence-corrected chi connectivity index (χ2v) is 21.6. The van der Waals surface area contributed by atoms with Gasteiger partial charge >= 0.3 is 20.8 Å². The highest BCUT2D eigenvalue weighted by Gasteiger charge is 2.31. The van der Waals surface area contributed by atoms with Crippen LogP contribution in [0.4, 0.5) is 0 Å². The molecule has 0 aromatic heterocycles. The molecule has 0 radical (unpaired) electrons. The quantitative estimate of drug-likeness (QED) is 0.161. The number of ether oxygens (including phenoxy) is 1. The first-order chi connectivity index (χ1) is 14.6. The third-order valence-corrected chi connectivity index (χ3v) is 10.4. The highest BCUT2D eigenvalue weighted by molar-refractivity contribution is 7.83. The standard InChI is InChI=1S/C19H44O9S2Si2/c1-8-9-10-11-12-13-14-15-16-24-17-19(26-30(22,23)28-32(5,6)7)18-25-29(20,21)27-31(2,3)4/h19H,8-18H2,1-7H3. The molecule has 1 unspecified atom stereocenters. The molecule has 9 nitrogen and oxygen atoms in total. The van der Waals surface area contributed by atoms with E-state index in [9.17, 15) is 16.8 Å². The molecule has 0 heterocycles. The molecule has 0 saturated carbocycles. The molecular formula is C19H44O9S2Si2. The average Bonchev–Trinajstić information content (AvgIpc) is 2.56. The molecule has 194 valence electrons. The summed E-state index contributed by atoms with van der Waals surface area (Å²) in [5.74, 6) is 0. The van der Waals surface area contributed by atoms with Crippen molar-refractivity contribution in [3.63, 3.8) is 0 Å². The van der Waals surface area contributed by atoms with Gasteiger partial charge < -0.3 is 4.74 Å². The van der Waals surface area contributed by atoms with Gasteiger partial charge in [0.1, 0.15) is 6.10 Å². The molecule has 0 fully saturated rings. The van der Waals surface area contributed by atoms with E-state index in [0.717, 1.165) is 19.3 Å². The van der Waals surface area contributed by atoms with Crippen LogP contribution in [-0.2, 0) is 41.6 Å². The van der Waals surface area contributed by atoms with Crippen LogP contribution in [0.25, 0.3) is 0 Å². The van der Waals surface area contributed by atoms with E-state index < -0.39 is 50.1 Å². The van der Waals surface area contributed by atoms with Gasteiger partial charge in [-0.3, -0.25) is 7.74 Å². The maximum absolute atomic E-state index is 12.2. The zero-order chi connectivity index (χ0) is 24.9. The first-order valence-electron chi connectivity index (χ1n) is 11.4. The van der Waals surface area contributed by atoms with Gasteiger partial charge in [-0.25, -0.2) is 8.37 Å². The van der Waals surface area contributed by atoms with Crippen molar-refractivity contribution in [1.82, 2.24) is 0 Å². The topological polar surface area (TPSA) is 114 Å². The molecule has 1 atom stereocenters. The summed E-state index contributed by atoms with van der Waals surface area (Å²) in [6.45, 7) is 12.1. The number of rotatable bonds is 20. The van der Waals surface area contributed by atoms with Crippen LogP contribution in [0, 0.1) is 0 Å². The highest BCUT2D eigenvalue weighted by atomic mass is 32.3. The first kappa shape index (κ1) is 32.1. The van der Waals surface area contributed by atoms with Crippen LogP contribution in [0.2, 0.25) is 39.3 Å². The Morgan fingerprint density at radius 1 is 0.656 bits per heavy atom. The molecule has 32 heavy (non-hydrogen) atoms. The van der Waals surface area contributed by atoms with E-state index in [4.69, 9.17) is 20.8 Å². The molecule has 0 aliphatic rings. The van der Waals surface area contributed by atoms with E-state index in [1.54, 1.807) is 39.3 Å². The molecular weight excluding hydrogens is 493 g/mol. The Balaban J connectivity index is 4.64. The molecule has 0 aliphatic carbocycles. The molecule has 0 bridgehead atoms. The summed E-state index contributed by atoms with van der Waals surface area (Å²) < 4.78 is 73.9. The van der Waals surface area contributed by atoms with Crippen molar-refractivity contribution in [3.05, 3.63) is 0 Å². The monoisotopic (exact) mass is 536 g/mol. The molecule has 0 aliphatic heterocycles. The van der Waals surface area contributed by atoms with Gasteiger partial charge in [-0.15, -0.1) is 0 Å². The predicted molar refractivity (Wildman–Crippen MR) is 131 cm³/mol. The lowest BCUT2D eigenvalue weighted by Crippen LogP contribution is -2.37. The van der Waals surface area contributed by atoms with Gasteiger partial charge in [-0.1, -0.05) is 51.9 Å². The summed E-state index contributed by atoms with van der Waals surface area (Å²) in [4.78, 5) is 0. The lowest BCUT2D eigenvalue weighted by molar-refractivity contribution is 0.0218. The van der Waals surface area contributed by atoms with Gasteiger partial charge in [0.2, 0.25) is 16.6 Å². The van der Waals surface area contributed by atoms with Crippen molar-refractivity contribution in [3.8, 4) is 0 Å². The van der Waals surface area contributed by atoms with Crippen LogP contribution >= 0.6 is 0 Å². The van der Waals surface area contributed by atoms with E-state index in [2.05, 4.69) is 6.92 Å². The predicted octanol–water partition coefficient (Wildman–Crippen LogP) is 4.74. The van der Waals surface area contributed by atoms with Crippen LogP contribution in [0.5, 0.6) is 0 Å². The summed E-state index contributed by atoms with van der Waals surface area (Å²) in [6.07, 6.45) is 8.00. The SMILES string of the molecule is CCCCCCCCCCOCC(COS(=O)(=O)O[Si](C)(C)C)OS(=O)(=O)O[Si](C)(C)C. The van der Waals surface area contributed by atoms with E-state index in [-0.39, 0.29) is 6.61 Å². The Hall–Kier alpha value is 0.134. The zero-order valence-corrected chi connectivity index (χ0v) is 24.5. The van der Waals surface area contributed by atoms with Crippen molar-refractivity contribution in [2.45, 2.75) is 104 Å². The van der Waals surface area contributed by atoms with Crippen molar-refractivity contribution in [2.24, 2.45) is 0 Å². The van der Waals surface area contributed by atoms with Crippen molar-refractivity contribution in [1.29, 1.82) is 0 Å². The maximum atomic E-state index is 12.2. The van der Waals surface area contributed by atoms with Crippen LogP contribution in [0.1, 0.15) is 58.3 Å². The van der Waals surface area contributed by atoms with Crippen LogP contribution in [0.15, 0.2) is 0 Å². The largest absolute Gasteiger partial charge is 0.390 e. The average molecular weight is 537 g/mol. The minimum atomic E-state index is -4.33. The summed E-state index contributed by atoms with van der Waals surface area (Å²) in [7, 11) is -13.5. The minimum Gasteiger partial charge on any atom is -0.379 e. The van der Waals surface area contributed by atoms with E-state index >= 15 is 0 Å². The van der Waals surface area contributed by atoms with Gasteiger partial charge in [-0.05, 0) is 45.7 Å². The highest BCUT2D eigenvalue weighted by Crippen LogP contribution is 2.15. The molecule has 0 aromatic rings. The fourth-order valence-corrected chi connectivity index (χ4v) is 8.65. The lowest BCUT2D eigenvalue weighted by Gasteiger charge is -2.22. The van der Waals surface area contributed by atoms with Crippen molar-refractivity contribution >= 4 is 37.4 Å². The Morgan fingerprint density at radius 2 is 1.12 bits per heavy atom. The number of unbranched alkanes of at least 4 members (excludes halogenated alkanes) is 7. The van der Waals surface area contributed by atoms with Gasteiger partial charge in [0.15, 0.2) is 0 Å². The molecule has 0 rings (SSSR count). The van der Waals surface area contributed by atoms with E-state index in [1.165, 1.54) is 32.1 Å². The normalized spacial score (nSPS) is 14.6. The Morgan fingerprint density at radius 3 is 1.62 bits per heavy atom. The van der Waals surface area contributed by atoms with Gasteiger partial charge in [0.05, 0.1) is 13.2 Å². The van der Waals surface area contributed by atoms with Crippen molar-refractivity contribution in [2.75, 3.05) is 19.8 Å². The summed E-state index contributed by atoms with van der Waals surface area (Å²) >= 11 is 0. The number of hydrogen-bond donors (Lipinski definition) is 0. The zero-order valence-electron chi connectivity index (χ0n) is 20.8.